The molecule has 0 saturated heterocycles. The maximum atomic E-state index is 5.88. The lowest BCUT2D eigenvalue weighted by atomic mass is 9.67. The first-order valence-electron chi connectivity index (χ1n) is 11.5. The Morgan fingerprint density at radius 2 is 1.30 bits per heavy atom. The van der Waals surface area contributed by atoms with Gasteiger partial charge in [-0.2, -0.15) is 0 Å². The Bertz CT molecular complexity index is 1010. The molecule has 0 aromatic heterocycles. The van der Waals surface area contributed by atoms with Gasteiger partial charge in [0.1, 0.15) is 12.4 Å². The van der Waals surface area contributed by atoms with E-state index in [1.165, 1.54) is 22.3 Å². The van der Waals surface area contributed by atoms with Gasteiger partial charge in [0.25, 0.3) is 0 Å². The number of hydrogen-bond acceptors (Lipinski definition) is 4. The monoisotopic (exact) mass is 444 g/mol. The minimum Gasteiger partial charge on any atom is -0.491 e. The van der Waals surface area contributed by atoms with Crippen LogP contribution in [0.1, 0.15) is 22.3 Å². The molecule has 1 atom stereocenters. The van der Waals surface area contributed by atoms with Crippen LogP contribution in [0, 0.1) is 0 Å². The number of fused-ring (bicyclic) bond motifs is 1. The van der Waals surface area contributed by atoms with E-state index in [0.717, 1.165) is 12.2 Å². The van der Waals surface area contributed by atoms with Crippen LogP contribution in [0.3, 0.4) is 0 Å². The first kappa shape index (κ1) is 23.2. The van der Waals surface area contributed by atoms with Gasteiger partial charge in [0.05, 0.1) is 33.0 Å². The maximum absolute atomic E-state index is 5.88. The summed E-state index contributed by atoms with van der Waals surface area (Å²) in [5.74, 6) is 0.849. The van der Waals surface area contributed by atoms with Crippen LogP contribution in [0.4, 0.5) is 0 Å². The third-order valence-corrected chi connectivity index (χ3v) is 6.03. The molecular weight excluding hydrogens is 412 g/mol. The third kappa shape index (κ3) is 5.91. The van der Waals surface area contributed by atoms with E-state index in [2.05, 4.69) is 91.0 Å². The fraction of sp³-hybridized carbons (Fsp3) is 0.310. The quantitative estimate of drug-likeness (QED) is 0.355. The number of rotatable bonds is 12. The highest BCUT2D eigenvalue weighted by molar-refractivity contribution is 5.64. The van der Waals surface area contributed by atoms with Gasteiger partial charge in [-0.05, 0) is 40.8 Å². The fourth-order valence-electron chi connectivity index (χ4n) is 4.28. The van der Waals surface area contributed by atoms with Crippen LogP contribution < -0.4 is 4.74 Å². The molecule has 33 heavy (non-hydrogen) atoms. The molecule has 172 valence electrons. The lowest BCUT2D eigenvalue weighted by Crippen LogP contribution is -2.30. The van der Waals surface area contributed by atoms with E-state index < -0.39 is 0 Å². The second-order valence-corrected chi connectivity index (χ2v) is 8.14. The van der Waals surface area contributed by atoms with Crippen LogP contribution in [0.25, 0.3) is 6.08 Å². The average Bonchev–Trinajstić information content (AvgIpc) is 2.88. The molecule has 0 N–H and O–H groups in total. The van der Waals surface area contributed by atoms with Gasteiger partial charge in [0, 0.05) is 12.5 Å². The summed E-state index contributed by atoms with van der Waals surface area (Å²) in [6, 6.07) is 27.9. The van der Waals surface area contributed by atoms with E-state index in [0.29, 0.717) is 39.6 Å². The Hall–Kier alpha value is -2.92. The van der Waals surface area contributed by atoms with Crippen LogP contribution in [0.15, 0.2) is 84.9 Å². The molecule has 3 aromatic rings. The van der Waals surface area contributed by atoms with Crippen LogP contribution >= 0.6 is 0 Å². The molecule has 1 unspecified atom stereocenters. The molecule has 4 heteroatoms. The second kappa shape index (κ2) is 11.8. The minimum atomic E-state index is -0.194. The van der Waals surface area contributed by atoms with E-state index in [9.17, 15) is 0 Å². The van der Waals surface area contributed by atoms with Crippen LogP contribution in [0.5, 0.6) is 5.75 Å². The molecule has 0 spiro atoms. The van der Waals surface area contributed by atoms with Crippen molar-refractivity contribution in [2.75, 3.05) is 46.8 Å². The van der Waals surface area contributed by atoms with E-state index in [4.69, 9.17) is 18.9 Å². The van der Waals surface area contributed by atoms with Gasteiger partial charge in [-0.3, -0.25) is 0 Å². The highest BCUT2D eigenvalue weighted by Crippen LogP contribution is 2.41. The lowest BCUT2D eigenvalue weighted by molar-refractivity contribution is 0.0180. The molecule has 0 fully saturated rings. The van der Waals surface area contributed by atoms with E-state index in [1.54, 1.807) is 7.11 Å². The number of hydrogen-bond donors (Lipinski definition) is 0. The summed E-state index contributed by atoms with van der Waals surface area (Å²) < 4.78 is 21.8. The predicted octanol–water partition coefficient (Wildman–Crippen LogP) is 5.30. The molecule has 0 radical (unpaired) electrons. The summed E-state index contributed by atoms with van der Waals surface area (Å²) in [7, 11) is 1.66. The van der Waals surface area contributed by atoms with Crippen molar-refractivity contribution >= 4 is 6.08 Å². The largest absolute Gasteiger partial charge is 0.491 e. The Morgan fingerprint density at radius 3 is 2.06 bits per heavy atom. The topological polar surface area (TPSA) is 36.9 Å². The number of ether oxygens (including phenoxy) is 4. The summed E-state index contributed by atoms with van der Waals surface area (Å²) in [5.41, 5.74) is 5.03. The van der Waals surface area contributed by atoms with Crippen molar-refractivity contribution in [3.63, 3.8) is 0 Å². The minimum absolute atomic E-state index is 0.194. The normalized spacial score (nSPS) is 17.0. The smallest absolute Gasteiger partial charge is 0.119 e. The average molecular weight is 445 g/mol. The zero-order chi connectivity index (χ0) is 22.8. The molecule has 1 aliphatic carbocycles. The molecule has 0 bridgehead atoms. The molecule has 0 saturated carbocycles. The van der Waals surface area contributed by atoms with Crippen LogP contribution in [-0.4, -0.2) is 46.8 Å². The van der Waals surface area contributed by atoms with Gasteiger partial charge < -0.3 is 18.9 Å². The zero-order valence-corrected chi connectivity index (χ0v) is 19.2. The van der Waals surface area contributed by atoms with Crippen molar-refractivity contribution in [2.45, 2.75) is 11.8 Å². The molecule has 3 aromatic carbocycles. The van der Waals surface area contributed by atoms with Crippen LogP contribution in [0.2, 0.25) is 0 Å². The number of methoxy groups -OCH3 is 1. The highest BCUT2D eigenvalue weighted by atomic mass is 16.6. The standard InChI is InChI=1S/C29H32O4/c1-30-17-18-31-19-20-32-21-22-33-28-13-11-27(12-14-28)29(26-9-3-2-4-10-26)16-15-24-7-5-6-8-25(24)23-29/h2-16H,17-23H2,1H3. The Morgan fingerprint density at radius 1 is 0.667 bits per heavy atom. The summed E-state index contributed by atoms with van der Waals surface area (Å²) in [6.45, 7) is 3.36. The van der Waals surface area contributed by atoms with E-state index >= 15 is 0 Å². The summed E-state index contributed by atoms with van der Waals surface area (Å²) in [4.78, 5) is 0. The lowest BCUT2D eigenvalue weighted by Gasteiger charge is -2.35. The number of benzene rings is 3. The Balaban J connectivity index is 1.39. The van der Waals surface area contributed by atoms with E-state index in [-0.39, 0.29) is 5.41 Å². The van der Waals surface area contributed by atoms with Crippen molar-refractivity contribution in [1.29, 1.82) is 0 Å². The van der Waals surface area contributed by atoms with Crippen molar-refractivity contribution in [1.82, 2.24) is 0 Å². The SMILES string of the molecule is COCCOCCOCCOc1ccc(C2(c3ccccc3)C=Cc3ccccc3C2)cc1. The molecule has 0 heterocycles. The van der Waals surface area contributed by atoms with Crippen molar-refractivity contribution < 1.29 is 18.9 Å². The predicted molar refractivity (Wildman–Crippen MR) is 132 cm³/mol. The second-order valence-electron chi connectivity index (χ2n) is 8.14. The molecule has 0 amide bonds. The third-order valence-electron chi connectivity index (χ3n) is 6.03. The van der Waals surface area contributed by atoms with Crippen molar-refractivity contribution in [2.24, 2.45) is 0 Å². The molecule has 1 aliphatic rings. The van der Waals surface area contributed by atoms with Crippen molar-refractivity contribution in [3.05, 3.63) is 107 Å². The van der Waals surface area contributed by atoms with Crippen LogP contribution in [-0.2, 0) is 26.0 Å². The van der Waals surface area contributed by atoms with Gasteiger partial charge in [-0.25, -0.2) is 0 Å². The number of allylic oxidation sites excluding steroid dienone is 1. The molecule has 4 nitrogen and oxygen atoms in total. The molecular formula is C29H32O4. The van der Waals surface area contributed by atoms with Gasteiger partial charge in [0.15, 0.2) is 0 Å². The maximum Gasteiger partial charge on any atom is 0.119 e. The summed E-state index contributed by atoms with van der Waals surface area (Å²) >= 11 is 0. The molecule has 4 rings (SSSR count). The summed E-state index contributed by atoms with van der Waals surface area (Å²) in [5, 5.41) is 0. The Kier molecular flexibility index (Phi) is 8.31. The van der Waals surface area contributed by atoms with Crippen molar-refractivity contribution in [3.8, 4) is 5.75 Å². The van der Waals surface area contributed by atoms with Gasteiger partial charge in [0.2, 0.25) is 0 Å². The van der Waals surface area contributed by atoms with Gasteiger partial charge in [-0.1, -0.05) is 78.9 Å². The first-order valence-corrected chi connectivity index (χ1v) is 11.5. The van der Waals surface area contributed by atoms with Gasteiger partial charge in [-0.15, -0.1) is 0 Å². The zero-order valence-electron chi connectivity index (χ0n) is 19.2. The highest BCUT2D eigenvalue weighted by Gasteiger charge is 2.34. The van der Waals surface area contributed by atoms with Gasteiger partial charge >= 0.3 is 0 Å². The first-order chi connectivity index (χ1) is 16.3. The van der Waals surface area contributed by atoms with E-state index in [1.807, 2.05) is 0 Å². The Labute approximate surface area is 196 Å². The molecule has 0 aliphatic heterocycles. The summed E-state index contributed by atoms with van der Waals surface area (Å²) in [6.07, 6.45) is 5.54. The fourth-order valence-corrected chi connectivity index (χ4v) is 4.28.